The molecule has 0 amide bonds. The first-order chi connectivity index (χ1) is 13.3. The van der Waals surface area contributed by atoms with Crippen molar-refractivity contribution in [2.75, 3.05) is 18.7 Å². The van der Waals surface area contributed by atoms with E-state index in [9.17, 15) is 0 Å². The highest BCUT2D eigenvalue weighted by Crippen LogP contribution is 2.39. The van der Waals surface area contributed by atoms with Crippen LogP contribution < -0.4 is 14.4 Å². The molecule has 0 fully saturated rings. The first kappa shape index (κ1) is 18.3. The van der Waals surface area contributed by atoms with E-state index in [0.717, 1.165) is 33.4 Å². The fraction of sp³-hybridized carbons (Fsp3) is 0.105. The van der Waals surface area contributed by atoms with E-state index in [0.29, 0.717) is 5.95 Å². The van der Waals surface area contributed by atoms with Gasteiger partial charge in [-0.3, -0.25) is 4.57 Å². The Bertz CT molecular complexity index is 1090. The average molecular weight is 414 g/mol. The van der Waals surface area contributed by atoms with Gasteiger partial charge in [-0.2, -0.15) is 4.98 Å². The van der Waals surface area contributed by atoms with Gasteiger partial charge in [-0.15, -0.1) is 23.7 Å². The van der Waals surface area contributed by atoms with Crippen molar-refractivity contribution < 1.29 is 9.47 Å². The van der Waals surface area contributed by atoms with Crippen LogP contribution in [-0.4, -0.2) is 33.4 Å². The lowest BCUT2D eigenvalue weighted by Crippen LogP contribution is -2.14. The van der Waals surface area contributed by atoms with Crippen LogP contribution in [0.1, 0.15) is 0 Å². The molecule has 0 bridgehead atoms. The lowest BCUT2D eigenvalue weighted by Gasteiger charge is -2.21. The molecule has 28 heavy (non-hydrogen) atoms. The molecule has 0 aliphatic carbocycles. The molecule has 0 radical (unpaired) electrons. The molecule has 0 saturated carbocycles. The van der Waals surface area contributed by atoms with Crippen LogP contribution >= 0.6 is 23.7 Å². The molecule has 0 atom stereocenters. The number of hydrogen-bond donors (Lipinski definition) is 0. The second kappa shape index (κ2) is 7.49. The number of nitrogens with zero attached hydrogens (tertiary/aromatic N) is 5. The van der Waals surface area contributed by atoms with Crippen molar-refractivity contribution in [2.24, 2.45) is 0 Å². The summed E-state index contributed by atoms with van der Waals surface area (Å²) in [5.74, 6) is 2.86. The second-order valence-electron chi connectivity index (χ2n) is 5.95. The van der Waals surface area contributed by atoms with E-state index in [-0.39, 0.29) is 19.2 Å². The molecular formula is C19H16ClN5O2S. The zero-order valence-electron chi connectivity index (χ0n) is 14.8. The molecule has 4 heterocycles. The number of hydrogen-bond acceptors (Lipinski definition) is 7. The topological polar surface area (TPSA) is 65.3 Å². The molecule has 0 saturated heterocycles. The minimum Gasteiger partial charge on any atom is -0.454 e. The number of imidazole rings is 1. The summed E-state index contributed by atoms with van der Waals surface area (Å²) in [7, 11) is 1.98. The molecule has 1 aliphatic rings. The zero-order chi connectivity index (χ0) is 18.2. The third-order valence-electron chi connectivity index (χ3n) is 4.34. The fourth-order valence-corrected chi connectivity index (χ4v) is 3.67. The van der Waals surface area contributed by atoms with Gasteiger partial charge < -0.3 is 14.4 Å². The summed E-state index contributed by atoms with van der Waals surface area (Å²) >= 11 is 1.66. The van der Waals surface area contributed by atoms with Crippen LogP contribution in [0.4, 0.5) is 11.5 Å². The Morgan fingerprint density at radius 3 is 2.86 bits per heavy atom. The van der Waals surface area contributed by atoms with Gasteiger partial charge in [-0.05, 0) is 23.6 Å². The Morgan fingerprint density at radius 2 is 2.07 bits per heavy atom. The highest BCUT2D eigenvalue weighted by atomic mass is 35.5. The lowest BCUT2D eigenvalue weighted by atomic mass is 10.2. The van der Waals surface area contributed by atoms with Gasteiger partial charge in [-0.1, -0.05) is 6.07 Å². The third-order valence-corrected chi connectivity index (χ3v) is 5.24. The summed E-state index contributed by atoms with van der Waals surface area (Å²) in [4.78, 5) is 16.5. The minimum atomic E-state index is 0. The summed E-state index contributed by atoms with van der Waals surface area (Å²) < 4.78 is 12.7. The van der Waals surface area contributed by atoms with E-state index >= 15 is 0 Å². The van der Waals surface area contributed by atoms with Crippen LogP contribution in [0.15, 0.2) is 60.6 Å². The maximum Gasteiger partial charge on any atom is 0.236 e. The van der Waals surface area contributed by atoms with Gasteiger partial charge >= 0.3 is 0 Å². The highest BCUT2D eigenvalue weighted by molar-refractivity contribution is 7.13. The summed E-state index contributed by atoms with van der Waals surface area (Å²) in [5.41, 5.74) is 1.92. The minimum absolute atomic E-state index is 0. The largest absolute Gasteiger partial charge is 0.454 e. The van der Waals surface area contributed by atoms with Crippen LogP contribution in [0.3, 0.4) is 0 Å². The number of rotatable bonds is 4. The van der Waals surface area contributed by atoms with Crippen molar-refractivity contribution in [3.05, 3.63) is 60.6 Å². The van der Waals surface area contributed by atoms with Crippen LogP contribution in [0, 0.1) is 0 Å². The summed E-state index contributed by atoms with van der Waals surface area (Å²) in [5, 5.41) is 2.05. The van der Waals surface area contributed by atoms with Crippen molar-refractivity contribution >= 4 is 35.2 Å². The standard InChI is InChI=1S/C19H15N5O2S.ClH/c1-23(13-4-5-15-16(9-13)26-12-25-15)18-14(17-3-2-8-27-17)10-21-19(22-18)24-7-6-20-11-24;/h2-11H,12H2,1H3;1H. The Kier molecular flexibility index (Phi) is 4.89. The lowest BCUT2D eigenvalue weighted by molar-refractivity contribution is 0.174. The molecule has 9 heteroatoms. The molecule has 0 N–H and O–H groups in total. The van der Waals surface area contributed by atoms with Crippen LogP contribution in [0.5, 0.6) is 11.5 Å². The molecule has 5 rings (SSSR count). The fourth-order valence-electron chi connectivity index (χ4n) is 2.94. The monoisotopic (exact) mass is 413 g/mol. The number of halogens is 1. The molecule has 142 valence electrons. The van der Waals surface area contributed by atoms with E-state index in [1.807, 2.05) is 54.0 Å². The Morgan fingerprint density at radius 1 is 1.18 bits per heavy atom. The molecule has 0 unspecified atom stereocenters. The number of thiophene rings is 1. The molecule has 7 nitrogen and oxygen atoms in total. The first-order valence-corrected chi connectivity index (χ1v) is 9.20. The molecule has 3 aromatic heterocycles. The van der Waals surface area contributed by atoms with E-state index in [2.05, 4.69) is 16.0 Å². The average Bonchev–Trinajstić information content (AvgIpc) is 3.48. The summed E-state index contributed by atoms with van der Waals surface area (Å²) in [6.07, 6.45) is 7.07. The maximum absolute atomic E-state index is 5.52. The third kappa shape index (κ3) is 3.17. The van der Waals surface area contributed by atoms with Crippen LogP contribution in [0.25, 0.3) is 16.4 Å². The Hall–Kier alpha value is -3.10. The Labute approximate surface area is 171 Å². The number of ether oxygens (including phenoxy) is 2. The molecular weight excluding hydrogens is 398 g/mol. The van der Waals surface area contributed by atoms with Crippen molar-refractivity contribution in [2.45, 2.75) is 0 Å². The maximum atomic E-state index is 5.52. The number of anilines is 2. The predicted octanol–water partition coefficient (Wildman–Crippen LogP) is 4.31. The zero-order valence-corrected chi connectivity index (χ0v) is 16.5. The molecule has 0 spiro atoms. The normalized spacial score (nSPS) is 11.9. The Balaban J connectivity index is 0.00000192. The van der Waals surface area contributed by atoms with Gasteiger partial charge in [0.15, 0.2) is 11.5 Å². The molecule has 1 aliphatic heterocycles. The van der Waals surface area contributed by atoms with Gasteiger partial charge in [0.25, 0.3) is 0 Å². The highest BCUT2D eigenvalue weighted by Gasteiger charge is 2.19. The van der Waals surface area contributed by atoms with Gasteiger partial charge in [0.05, 0.1) is 5.56 Å². The van der Waals surface area contributed by atoms with E-state index in [1.54, 1.807) is 28.4 Å². The van der Waals surface area contributed by atoms with Crippen LogP contribution in [-0.2, 0) is 0 Å². The first-order valence-electron chi connectivity index (χ1n) is 8.32. The SMILES string of the molecule is CN(c1ccc2c(c1)OCO2)c1nc(-n2ccnc2)ncc1-c1cccs1.Cl. The van der Waals surface area contributed by atoms with Crippen molar-refractivity contribution in [3.63, 3.8) is 0 Å². The quantitative estimate of drug-likeness (QED) is 0.496. The number of benzene rings is 1. The second-order valence-corrected chi connectivity index (χ2v) is 6.90. The van der Waals surface area contributed by atoms with Crippen molar-refractivity contribution in [3.8, 4) is 27.9 Å². The van der Waals surface area contributed by atoms with Crippen LogP contribution in [0.2, 0.25) is 0 Å². The van der Waals surface area contributed by atoms with Crippen molar-refractivity contribution in [1.82, 2.24) is 19.5 Å². The number of aromatic nitrogens is 4. The molecule has 1 aromatic carbocycles. The predicted molar refractivity (Wildman–Crippen MR) is 110 cm³/mol. The number of fused-ring (bicyclic) bond motifs is 1. The smallest absolute Gasteiger partial charge is 0.236 e. The van der Waals surface area contributed by atoms with Crippen molar-refractivity contribution in [1.29, 1.82) is 0 Å². The summed E-state index contributed by atoms with van der Waals surface area (Å²) in [6.45, 7) is 0.251. The van der Waals surface area contributed by atoms with Gasteiger partial charge in [0, 0.05) is 42.3 Å². The molecule has 4 aromatic rings. The van der Waals surface area contributed by atoms with E-state index in [4.69, 9.17) is 14.5 Å². The van der Waals surface area contributed by atoms with E-state index < -0.39 is 0 Å². The van der Waals surface area contributed by atoms with Gasteiger partial charge in [-0.25, -0.2) is 9.97 Å². The van der Waals surface area contributed by atoms with Gasteiger partial charge in [0.2, 0.25) is 12.7 Å². The van der Waals surface area contributed by atoms with Gasteiger partial charge in [0.1, 0.15) is 12.1 Å². The van der Waals surface area contributed by atoms with E-state index in [1.165, 1.54) is 0 Å². The summed E-state index contributed by atoms with van der Waals surface area (Å²) in [6, 6.07) is 9.95.